The smallest absolute Gasteiger partial charge is 0.259 e. The fourth-order valence-corrected chi connectivity index (χ4v) is 1.74. The highest BCUT2D eigenvalue weighted by atomic mass is 16.5. The van der Waals surface area contributed by atoms with Crippen LogP contribution in [0, 0.1) is 13.8 Å². The summed E-state index contributed by atoms with van der Waals surface area (Å²) in [6.07, 6.45) is 1.54. The van der Waals surface area contributed by atoms with Crippen molar-refractivity contribution in [2.75, 3.05) is 0 Å². The number of nitrogens with zero attached hydrogens (tertiary/aromatic N) is 3. The minimum absolute atomic E-state index is 0.0766. The van der Waals surface area contributed by atoms with E-state index in [2.05, 4.69) is 15.1 Å². The van der Waals surface area contributed by atoms with E-state index >= 15 is 0 Å². The predicted molar refractivity (Wildman–Crippen MR) is 69.0 cm³/mol. The lowest BCUT2D eigenvalue weighted by Gasteiger charge is -2.03. The van der Waals surface area contributed by atoms with Crippen LogP contribution in [0.4, 0.5) is 0 Å². The highest BCUT2D eigenvalue weighted by Gasteiger charge is 2.13. The monoisotopic (exact) mass is 246 g/mol. The van der Waals surface area contributed by atoms with Crippen LogP contribution in [0.2, 0.25) is 0 Å². The highest BCUT2D eigenvalue weighted by molar-refractivity contribution is 5.55. The highest BCUT2D eigenvalue weighted by Crippen LogP contribution is 2.20. The fourth-order valence-electron chi connectivity index (χ4n) is 1.74. The van der Waals surface area contributed by atoms with Gasteiger partial charge in [-0.05, 0) is 32.4 Å². The van der Waals surface area contributed by atoms with Crippen molar-refractivity contribution in [3.05, 3.63) is 29.3 Å². The summed E-state index contributed by atoms with van der Waals surface area (Å²) in [5.74, 6) is 1.16. The quantitative estimate of drug-likeness (QED) is 0.893. The number of nitrogens with two attached hydrogens (primary N) is 1. The first kappa shape index (κ1) is 12.7. The van der Waals surface area contributed by atoms with Crippen LogP contribution in [0.5, 0.6) is 0 Å². The molecule has 2 aromatic rings. The van der Waals surface area contributed by atoms with Gasteiger partial charge < -0.3 is 10.3 Å². The maximum Gasteiger partial charge on any atom is 0.259 e. The van der Waals surface area contributed by atoms with Crippen LogP contribution in [0.25, 0.3) is 11.5 Å². The van der Waals surface area contributed by atoms with E-state index in [4.69, 9.17) is 10.3 Å². The van der Waals surface area contributed by atoms with Gasteiger partial charge >= 0.3 is 0 Å². The third-order valence-corrected chi connectivity index (χ3v) is 2.89. The first-order valence-electron chi connectivity index (χ1n) is 6.13. The molecule has 18 heavy (non-hydrogen) atoms. The molecule has 2 N–H and O–H groups in total. The average Bonchev–Trinajstić information content (AvgIpc) is 2.77. The van der Waals surface area contributed by atoms with Gasteiger partial charge in [-0.2, -0.15) is 4.98 Å². The normalized spacial score (nSPS) is 12.7. The first-order chi connectivity index (χ1) is 8.60. The van der Waals surface area contributed by atoms with Crippen molar-refractivity contribution >= 4 is 0 Å². The molecule has 0 aliphatic carbocycles. The van der Waals surface area contributed by atoms with E-state index in [1.54, 1.807) is 0 Å². The maximum atomic E-state index is 5.87. The molecule has 2 heterocycles. The number of pyridine rings is 1. The zero-order valence-electron chi connectivity index (χ0n) is 11.0. The first-order valence-corrected chi connectivity index (χ1v) is 6.13. The van der Waals surface area contributed by atoms with Crippen LogP contribution in [-0.4, -0.2) is 21.2 Å². The predicted octanol–water partition coefficient (Wildman–Crippen LogP) is 2.03. The van der Waals surface area contributed by atoms with Crippen molar-refractivity contribution in [3.8, 4) is 11.5 Å². The molecule has 0 aliphatic heterocycles. The molecule has 5 heteroatoms. The summed E-state index contributed by atoms with van der Waals surface area (Å²) in [4.78, 5) is 8.74. The Kier molecular flexibility index (Phi) is 3.72. The Hall–Kier alpha value is -1.75. The summed E-state index contributed by atoms with van der Waals surface area (Å²) in [7, 11) is 0. The maximum absolute atomic E-state index is 5.87. The van der Waals surface area contributed by atoms with E-state index in [9.17, 15) is 0 Å². The second kappa shape index (κ2) is 5.27. The molecule has 0 amide bonds. The number of rotatable bonds is 4. The molecule has 0 radical (unpaired) electrons. The largest absolute Gasteiger partial charge is 0.334 e. The SMILES string of the molecule is CCC(N)Cc1noc(-c2ccc(C)nc2C)n1. The van der Waals surface area contributed by atoms with Gasteiger partial charge in [0.15, 0.2) is 5.82 Å². The molecule has 2 aromatic heterocycles. The molecule has 0 aromatic carbocycles. The molecule has 0 bridgehead atoms. The molecule has 2 rings (SSSR count). The molecule has 0 saturated carbocycles. The van der Waals surface area contributed by atoms with Crippen LogP contribution >= 0.6 is 0 Å². The Morgan fingerprint density at radius 2 is 2.06 bits per heavy atom. The second-order valence-corrected chi connectivity index (χ2v) is 4.47. The lowest BCUT2D eigenvalue weighted by Crippen LogP contribution is -2.21. The van der Waals surface area contributed by atoms with Gasteiger partial charge in [0.25, 0.3) is 5.89 Å². The zero-order valence-corrected chi connectivity index (χ0v) is 11.0. The number of aromatic nitrogens is 3. The summed E-state index contributed by atoms with van der Waals surface area (Å²) >= 11 is 0. The van der Waals surface area contributed by atoms with Crippen molar-refractivity contribution in [2.24, 2.45) is 5.73 Å². The Morgan fingerprint density at radius 3 is 2.72 bits per heavy atom. The molecule has 1 unspecified atom stereocenters. The Balaban J connectivity index is 2.24. The molecule has 96 valence electrons. The Morgan fingerprint density at radius 1 is 1.28 bits per heavy atom. The van der Waals surface area contributed by atoms with Crippen LogP contribution in [0.3, 0.4) is 0 Å². The molecular weight excluding hydrogens is 228 g/mol. The van der Waals surface area contributed by atoms with E-state index < -0.39 is 0 Å². The van der Waals surface area contributed by atoms with Crippen LogP contribution in [0.15, 0.2) is 16.7 Å². The van der Waals surface area contributed by atoms with Crippen molar-refractivity contribution in [1.29, 1.82) is 0 Å². The summed E-state index contributed by atoms with van der Waals surface area (Å²) in [6.45, 7) is 5.93. The summed E-state index contributed by atoms with van der Waals surface area (Å²) in [5.41, 5.74) is 8.62. The van der Waals surface area contributed by atoms with Crippen LogP contribution in [0.1, 0.15) is 30.6 Å². The fraction of sp³-hybridized carbons (Fsp3) is 0.462. The average molecular weight is 246 g/mol. The second-order valence-electron chi connectivity index (χ2n) is 4.47. The standard InChI is InChI=1S/C13H18N4O/c1-4-10(14)7-12-16-13(18-17-12)11-6-5-8(2)15-9(11)3/h5-6,10H,4,7,14H2,1-3H3. The molecule has 0 saturated heterocycles. The van der Waals surface area contributed by atoms with E-state index in [1.165, 1.54) is 0 Å². The third-order valence-electron chi connectivity index (χ3n) is 2.89. The zero-order chi connectivity index (χ0) is 13.1. The summed E-state index contributed by atoms with van der Waals surface area (Å²) in [5, 5.41) is 3.95. The molecule has 1 atom stereocenters. The molecule has 0 fully saturated rings. The molecule has 0 spiro atoms. The minimum atomic E-state index is 0.0766. The van der Waals surface area contributed by atoms with Crippen molar-refractivity contribution < 1.29 is 4.52 Å². The molecular formula is C13H18N4O. The third kappa shape index (κ3) is 2.73. The van der Waals surface area contributed by atoms with Crippen LogP contribution in [-0.2, 0) is 6.42 Å². The van der Waals surface area contributed by atoms with E-state index in [-0.39, 0.29) is 6.04 Å². The van der Waals surface area contributed by atoms with Gasteiger partial charge in [-0.1, -0.05) is 12.1 Å². The molecule has 5 nitrogen and oxygen atoms in total. The summed E-state index contributed by atoms with van der Waals surface area (Å²) < 4.78 is 5.26. The number of hydrogen-bond donors (Lipinski definition) is 1. The van der Waals surface area contributed by atoms with Gasteiger partial charge in [0.2, 0.25) is 0 Å². The number of hydrogen-bond acceptors (Lipinski definition) is 5. The lowest BCUT2D eigenvalue weighted by atomic mass is 10.1. The minimum Gasteiger partial charge on any atom is -0.334 e. The Labute approximate surface area is 106 Å². The van der Waals surface area contributed by atoms with Gasteiger partial charge in [0, 0.05) is 18.2 Å². The van der Waals surface area contributed by atoms with Crippen molar-refractivity contribution in [2.45, 2.75) is 39.7 Å². The number of aryl methyl sites for hydroxylation is 2. The van der Waals surface area contributed by atoms with E-state index in [1.807, 2.05) is 32.9 Å². The Bertz CT molecular complexity index is 536. The van der Waals surface area contributed by atoms with Gasteiger partial charge in [-0.25, -0.2) is 0 Å². The van der Waals surface area contributed by atoms with Gasteiger partial charge in [0.05, 0.1) is 11.3 Å². The van der Waals surface area contributed by atoms with Gasteiger partial charge in [0.1, 0.15) is 0 Å². The van der Waals surface area contributed by atoms with E-state index in [0.29, 0.717) is 18.1 Å². The van der Waals surface area contributed by atoms with Crippen molar-refractivity contribution in [1.82, 2.24) is 15.1 Å². The van der Waals surface area contributed by atoms with Crippen LogP contribution < -0.4 is 5.73 Å². The topological polar surface area (TPSA) is 77.8 Å². The van der Waals surface area contributed by atoms with Gasteiger partial charge in [-0.3, -0.25) is 4.98 Å². The van der Waals surface area contributed by atoms with Gasteiger partial charge in [-0.15, -0.1) is 0 Å². The van der Waals surface area contributed by atoms with Crippen molar-refractivity contribution in [3.63, 3.8) is 0 Å². The molecule has 0 aliphatic rings. The summed E-state index contributed by atoms with van der Waals surface area (Å²) in [6, 6.07) is 3.96. The van der Waals surface area contributed by atoms with E-state index in [0.717, 1.165) is 23.4 Å². The lowest BCUT2D eigenvalue weighted by molar-refractivity contribution is 0.418.